The maximum absolute atomic E-state index is 11.8. The van der Waals surface area contributed by atoms with E-state index in [0.717, 1.165) is 18.1 Å². The van der Waals surface area contributed by atoms with Crippen molar-refractivity contribution >= 4 is 33.5 Å². The number of amides is 1. The summed E-state index contributed by atoms with van der Waals surface area (Å²) in [7, 11) is 3.96. The Morgan fingerprint density at radius 1 is 0.610 bits per heavy atom. The van der Waals surface area contributed by atoms with Crippen LogP contribution in [0.3, 0.4) is 0 Å². The standard InChI is InChI=1S/C27H51NO11S2/c29-26(4-2-1-3-25-6-24-40-41-25)28-7-9-33-11-13-35-15-17-37-19-21-39-23-22-38-20-18-36-16-14-34-12-10-32-8-5-27(30)31/h25H,1-24H2,(H,28,29)(H,30,31)/t25-/m1/s1. The normalized spacial score (nSPS) is 15.0. The van der Waals surface area contributed by atoms with E-state index in [-0.39, 0.29) is 18.9 Å². The molecule has 0 unspecified atom stereocenters. The zero-order valence-electron chi connectivity index (χ0n) is 24.4. The minimum absolute atomic E-state index is 0.000736. The van der Waals surface area contributed by atoms with Crippen LogP contribution in [0, 0.1) is 0 Å². The lowest BCUT2D eigenvalue weighted by atomic mass is 10.1. The Kier molecular flexibility index (Phi) is 28.8. The smallest absolute Gasteiger partial charge is 0.305 e. The van der Waals surface area contributed by atoms with Crippen LogP contribution in [0.1, 0.15) is 38.5 Å². The Balaban J connectivity index is 1.64. The van der Waals surface area contributed by atoms with E-state index in [2.05, 4.69) is 5.32 Å². The largest absolute Gasteiger partial charge is 0.481 e. The summed E-state index contributed by atoms with van der Waals surface area (Å²) < 4.78 is 43.1. The molecule has 0 aliphatic carbocycles. The highest BCUT2D eigenvalue weighted by atomic mass is 33.1. The van der Waals surface area contributed by atoms with E-state index in [0.29, 0.717) is 112 Å². The number of nitrogens with one attached hydrogen (secondary N) is 1. The van der Waals surface area contributed by atoms with Gasteiger partial charge in [0.05, 0.1) is 112 Å². The predicted molar refractivity (Wildman–Crippen MR) is 159 cm³/mol. The van der Waals surface area contributed by atoms with Crippen molar-refractivity contribution in [3.05, 3.63) is 0 Å². The fourth-order valence-electron chi connectivity index (χ4n) is 3.37. The maximum Gasteiger partial charge on any atom is 0.305 e. The number of carbonyl (C=O) groups excluding carboxylic acids is 1. The second-order valence-electron chi connectivity index (χ2n) is 8.97. The third kappa shape index (κ3) is 29.2. The van der Waals surface area contributed by atoms with Crippen LogP contribution < -0.4 is 5.32 Å². The quantitative estimate of drug-likeness (QED) is 0.0832. The lowest BCUT2D eigenvalue weighted by Gasteiger charge is -2.09. The summed E-state index contributed by atoms with van der Waals surface area (Å²) in [5, 5.41) is 12.2. The number of rotatable bonds is 32. The van der Waals surface area contributed by atoms with Crippen LogP contribution in [-0.2, 0) is 47.5 Å². The first-order valence-corrected chi connectivity index (χ1v) is 17.0. The van der Waals surface area contributed by atoms with E-state index in [1.54, 1.807) is 0 Å². The van der Waals surface area contributed by atoms with Gasteiger partial charge in [-0.25, -0.2) is 0 Å². The van der Waals surface area contributed by atoms with Crippen molar-refractivity contribution in [3.8, 4) is 0 Å². The van der Waals surface area contributed by atoms with E-state index in [1.807, 2.05) is 21.6 Å². The second-order valence-corrected chi connectivity index (χ2v) is 11.8. The van der Waals surface area contributed by atoms with E-state index in [4.69, 9.17) is 43.0 Å². The SMILES string of the molecule is O=C(O)CCOCCOCCOCCOCCOCCOCCOCCOCCNC(=O)CCCC[C@@H]1CCSS1. The molecule has 1 heterocycles. The first-order valence-electron chi connectivity index (χ1n) is 14.6. The maximum atomic E-state index is 11.8. The molecule has 1 rings (SSSR count). The Morgan fingerprint density at radius 3 is 1.46 bits per heavy atom. The fourth-order valence-corrected chi connectivity index (χ4v) is 6.40. The lowest BCUT2D eigenvalue weighted by Crippen LogP contribution is -2.27. The van der Waals surface area contributed by atoms with Gasteiger partial charge in [-0.1, -0.05) is 28.0 Å². The summed E-state index contributed by atoms with van der Waals surface area (Å²) in [5.74, 6) is 0.495. The van der Waals surface area contributed by atoms with Crippen LogP contribution in [0.15, 0.2) is 0 Å². The molecule has 1 saturated heterocycles. The molecule has 14 heteroatoms. The topological polar surface area (TPSA) is 140 Å². The third-order valence-electron chi connectivity index (χ3n) is 5.54. The second kappa shape index (κ2) is 30.8. The highest BCUT2D eigenvalue weighted by Crippen LogP contribution is 2.39. The molecule has 0 saturated carbocycles. The van der Waals surface area contributed by atoms with E-state index in [1.165, 1.54) is 18.6 Å². The number of carbonyl (C=O) groups is 2. The average Bonchev–Trinajstić information content (AvgIpc) is 3.48. The summed E-state index contributed by atoms with van der Waals surface area (Å²) in [6, 6.07) is 0. The van der Waals surface area contributed by atoms with Crippen LogP contribution in [-0.4, -0.2) is 140 Å². The number of ether oxygens (including phenoxy) is 8. The summed E-state index contributed by atoms with van der Waals surface area (Å²) in [5.41, 5.74) is 0. The van der Waals surface area contributed by atoms with Gasteiger partial charge in [-0.2, -0.15) is 0 Å². The third-order valence-corrected chi connectivity index (χ3v) is 8.55. The zero-order chi connectivity index (χ0) is 29.5. The molecular weight excluding hydrogens is 578 g/mol. The van der Waals surface area contributed by atoms with Crippen LogP contribution in [0.2, 0.25) is 0 Å². The van der Waals surface area contributed by atoms with Crippen LogP contribution in [0.5, 0.6) is 0 Å². The molecule has 41 heavy (non-hydrogen) atoms. The molecule has 0 aromatic heterocycles. The summed E-state index contributed by atoms with van der Waals surface area (Å²) in [4.78, 5) is 22.2. The number of unbranched alkanes of at least 4 members (excludes halogenated alkanes) is 1. The Morgan fingerprint density at radius 2 is 1.05 bits per heavy atom. The average molecular weight is 630 g/mol. The molecule has 1 atom stereocenters. The number of carboxylic acid groups (broad SMARTS) is 1. The van der Waals surface area contributed by atoms with Crippen LogP contribution in [0.25, 0.3) is 0 Å². The van der Waals surface area contributed by atoms with Crippen molar-refractivity contribution in [2.24, 2.45) is 0 Å². The molecule has 0 aromatic rings. The van der Waals surface area contributed by atoms with Gasteiger partial charge in [0.25, 0.3) is 0 Å². The van der Waals surface area contributed by atoms with Gasteiger partial charge in [0, 0.05) is 24.0 Å². The van der Waals surface area contributed by atoms with Gasteiger partial charge in [0.2, 0.25) is 5.91 Å². The van der Waals surface area contributed by atoms with Gasteiger partial charge in [-0.3, -0.25) is 9.59 Å². The molecule has 1 aliphatic heterocycles. The Bertz CT molecular complexity index is 602. The predicted octanol–water partition coefficient (Wildman–Crippen LogP) is 2.42. The molecule has 0 radical (unpaired) electrons. The van der Waals surface area contributed by atoms with Crippen molar-refractivity contribution in [2.45, 2.75) is 43.8 Å². The molecule has 12 nitrogen and oxygen atoms in total. The number of carboxylic acids is 1. The zero-order valence-corrected chi connectivity index (χ0v) is 26.0. The first kappa shape index (κ1) is 38.3. The minimum atomic E-state index is -0.873. The molecule has 1 fully saturated rings. The van der Waals surface area contributed by atoms with E-state index >= 15 is 0 Å². The monoisotopic (exact) mass is 629 g/mol. The van der Waals surface area contributed by atoms with Crippen molar-refractivity contribution in [1.82, 2.24) is 5.32 Å². The van der Waals surface area contributed by atoms with Gasteiger partial charge in [0.1, 0.15) is 0 Å². The summed E-state index contributed by atoms with van der Waals surface area (Å²) in [6.45, 7) is 7.77. The Labute approximate surface area is 252 Å². The molecule has 242 valence electrons. The number of hydrogen-bond acceptors (Lipinski definition) is 12. The van der Waals surface area contributed by atoms with Gasteiger partial charge in [-0.15, -0.1) is 0 Å². The van der Waals surface area contributed by atoms with Gasteiger partial charge in [0.15, 0.2) is 0 Å². The van der Waals surface area contributed by atoms with Crippen molar-refractivity contribution < 1.29 is 52.6 Å². The highest BCUT2D eigenvalue weighted by Gasteiger charge is 2.15. The van der Waals surface area contributed by atoms with E-state index in [9.17, 15) is 9.59 Å². The van der Waals surface area contributed by atoms with Gasteiger partial charge in [-0.05, 0) is 19.3 Å². The lowest BCUT2D eigenvalue weighted by molar-refractivity contribution is -0.138. The van der Waals surface area contributed by atoms with E-state index < -0.39 is 5.97 Å². The van der Waals surface area contributed by atoms with Crippen molar-refractivity contribution in [1.29, 1.82) is 0 Å². The highest BCUT2D eigenvalue weighted by molar-refractivity contribution is 8.77. The molecule has 2 N–H and O–H groups in total. The van der Waals surface area contributed by atoms with Crippen LogP contribution in [0.4, 0.5) is 0 Å². The fraction of sp³-hybridized carbons (Fsp3) is 0.926. The number of hydrogen-bond donors (Lipinski definition) is 2. The Hall–Kier alpha value is -0.680. The molecule has 0 spiro atoms. The van der Waals surface area contributed by atoms with Crippen molar-refractivity contribution in [2.75, 3.05) is 118 Å². The van der Waals surface area contributed by atoms with Gasteiger partial charge >= 0.3 is 5.97 Å². The molecule has 0 aromatic carbocycles. The molecule has 1 aliphatic rings. The number of aliphatic carboxylic acids is 1. The molecule has 1 amide bonds. The summed E-state index contributed by atoms with van der Waals surface area (Å²) >= 11 is 0. The minimum Gasteiger partial charge on any atom is -0.481 e. The van der Waals surface area contributed by atoms with Crippen LogP contribution >= 0.6 is 21.6 Å². The summed E-state index contributed by atoms with van der Waals surface area (Å²) in [6.07, 6.45) is 5.20. The first-order chi connectivity index (χ1) is 20.2. The molecular formula is C27H51NO11S2. The van der Waals surface area contributed by atoms with Crippen molar-refractivity contribution in [3.63, 3.8) is 0 Å². The van der Waals surface area contributed by atoms with Gasteiger partial charge < -0.3 is 48.3 Å². The molecule has 0 bridgehead atoms.